The molecule has 2 rings (SSSR count). The molecule has 1 fully saturated rings. The first kappa shape index (κ1) is 25.7. The highest BCUT2D eigenvalue weighted by Crippen LogP contribution is 2.20. The Hall–Kier alpha value is -1.35. The van der Waals surface area contributed by atoms with Crippen molar-refractivity contribution in [1.29, 1.82) is 0 Å². The van der Waals surface area contributed by atoms with Crippen LogP contribution in [0.2, 0.25) is 0 Å². The Bertz CT molecular complexity index is 631. The minimum absolute atomic E-state index is 0. The Balaban J connectivity index is 0.00000420. The first-order valence-corrected chi connectivity index (χ1v) is 10.5. The van der Waals surface area contributed by atoms with Crippen LogP contribution in [0.3, 0.4) is 0 Å². The number of guanidine groups is 1. The van der Waals surface area contributed by atoms with Crippen LogP contribution in [0.1, 0.15) is 54.9 Å². The van der Waals surface area contributed by atoms with Crippen molar-refractivity contribution in [2.75, 3.05) is 40.3 Å². The molecule has 0 aromatic heterocycles. The van der Waals surface area contributed by atoms with E-state index in [1.807, 2.05) is 18.2 Å². The molecular formula is C22H37IN4O2. The number of amides is 1. The molecule has 29 heavy (non-hydrogen) atoms. The van der Waals surface area contributed by atoms with Gasteiger partial charge < -0.3 is 20.3 Å². The Morgan fingerprint density at radius 2 is 2.00 bits per heavy atom. The summed E-state index contributed by atoms with van der Waals surface area (Å²) in [7, 11) is 3.54. The molecule has 0 atom stereocenters. The number of aliphatic imine (C=N–C) groups is 1. The number of ether oxygens (including phenoxy) is 1. The third-order valence-electron chi connectivity index (χ3n) is 4.86. The van der Waals surface area contributed by atoms with Crippen molar-refractivity contribution >= 4 is 35.8 Å². The van der Waals surface area contributed by atoms with Gasteiger partial charge in [-0.3, -0.25) is 9.79 Å². The zero-order valence-electron chi connectivity index (χ0n) is 18.1. The number of nitrogens with one attached hydrogen (secondary N) is 2. The van der Waals surface area contributed by atoms with E-state index in [9.17, 15) is 4.79 Å². The van der Waals surface area contributed by atoms with Gasteiger partial charge in [-0.05, 0) is 50.3 Å². The average Bonchev–Trinajstić information content (AvgIpc) is 3.20. The molecule has 1 aliphatic rings. The van der Waals surface area contributed by atoms with Crippen molar-refractivity contribution in [3.63, 3.8) is 0 Å². The third kappa shape index (κ3) is 9.80. The van der Waals surface area contributed by atoms with E-state index in [2.05, 4.69) is 28.6 Å². The first-order valence-electron chi connectivity index (χ1n) is 10.5. The van der Waals surface area contributed by atoms with Crippen LogP contribution in [0, 0.1) is 0 Å². The Labute approximate surface area is 192 Å². The number of halogens is 1. The molecule has 0 bridgehead atoms. The Morgan fingerprint density at radius 3 is 2.69 bits per heavy atom. The van der Waals surface area contributed by atoms with Gasteiger partial charge in [-0.1, -0.05) is 25.0 Å². The molecule has 164 valence electrons. The van der Waals surface area contributed by atoms with E-state index < -0.39 is 0 Å². The first-order chi connectivity index (χ1) is 13.6. The second-order valence-corrected chi connectivity index (χ2v) is 7.47. The molecule has 1 aromatic carbocycles. The SMILES string of the molecule is CCNC(=NCCCOC1CCCC1)NCCc1cccc(C(=O)N(C)C)c1.I. The van der Waals surface area contributed by atoms with Crippen LogP contribution in [-0.2, 0) is 11.2 Å². The van der Waals surface area contributed by atoms with Gasteiger partial charge >= 0.3 is 0 Å². The van der Waals surface area contributed by atoms with Crippen LogP contribution >= 0.6 is 24.0 Å². The number of benzene rings is 1. The number of nitrogens with zero attached hydrogens (tertiary/aromatic N) is 2. The van der Waals surface area contributed by atoms with Gasteiger partial charge in [0, 0.05) is 45.9 Å². The van der Waals surface area contributed by atoms with E-state index in [-0.39, 0.29) is 29.9 Å². The smallest absolute Gasteiger partial charge is 0.253 e. The molecule has 1 aliphatic carbocycles. The highest BCUT2D eigenvalue weighted by Gasteiger charge is 2.14. The van der Waals surface area contributed by atoms with Crippen LogP contribution in [0.15, 0.2) is 29.3 Å². The maximum Gasteiger partial charge on any atom is 0.253 e. The highest BCUT2D eigenvalue weighted by molar-refractivity contribution is 14.0. The molecule has 0 radical (unpaired) electrons. The maximum atomic E-state index is 12.1. The summed E-state index contributed by atoms with van der Waals surface area (Å²) in [6.45, 7) is 5.22. The van der Waals surface area contributed by atoms with E-state index in [1.54, 1.807) is 19.0 Å². The molecule has 0 heterocycles. The number of hydrogen-bond donors (Lipinski definition) is 2. The predicted molar refractivity (Wildman–Crippen MR) is 130 cm³/mol. The van der Waals surface area contributed by atoms with Gasteiger partial charge in [0.15, 0.2) is 5.96 Å². The largest absolute Gasteiger partial charge is 0.378 e. The molecule has 0 spiro atoms. The van der Waals surface area contributed by atoms with Crippen LogP contribution < -0.4 is 10.6 Å². The fraction of sp³-hybridized carbons (Fsp3) is 0.636. The topological polar surface area (TPSA) is 66.0 Å². The van der Waals surface area contributed by atoms with Crippen molar-refractivity contribution in [2.24, 2.45) is 4.99 Å². The van der Waals surface area contributed by atoms with Crippen LogP contribution in [-0.4, -0.2) is 63.2 Å². The quantitative estimate of drug-likeness (QED) is 0.217. The Kier molecular flexibility index (Phi) is 12.9. The second kappa shape index (κ2) is 14.6. The normalized spacial score (nSPS) is 14.4. The third-order valence-corrected chi connectivity index (χ3v) is 4.86. The summed E-state index contributed by atoms with van der Waals surface area (Å²) < 4.78 is 5.89. The van der Waals surface area contributed by atoms with Gasteiger partial charge in [0.25, 0.3) is 5.91 Å². The standard InChI is InChI=1S/C22H36N4O2.HI/c1-4-23-22(24-14-8-16-28-20-11-5-6-12-20)25-15-13-18-9-7-10-19(17-18)21(27)26(2)3;/h7,9-10,17,20H,4-6,8,11-16H2,1-3H3,(H2,23,24,25);1H. The Morgan fingerprint density at radius 1 is 1.24 bits per heavy atom. The van der Waals surface area contributed by atoms with Crippen molar-refractivity contribution in [1.82, 2.24) is 15.5 Å². The van der Waals surface area contributed by atoms with E-state index in [0.717, 1.165) is 56.2 Å². The van der Waals surface area contributed by atoms with Gasteiger partial charge in [0.05, 0.1) is 6.10 Å². The summed E-state index contributed by atoms with van der Waals surface area (Å²) in [4.78, 5) is 18.3. The predicted octanol–water partition coefficient (Wildman–Crippen LogP) is 3.45. The zero-order chi connectivity index (χ0) is 20.2. The number of carbonyl (C=O) groups excluding carboxylic acids is 1. The van der Waals surface area contributed by atoms with Crippen molar-refractivity contribution in [3.8, 4) is 0 Å². The fourth-order valence-electron chi connectivity index (χ4n) is 3.35. The molecule has 1 amide bonds. The lowest BCUT2D eigenvalue weighted by Crippen LogP contribution is -2.38. The van der Waals surface area contributed by atoms with Crippen LogP contribution in [0.4, 0.5) is 0 Å². The maximum absolute atomic E-state index is 12.1. The lowest BCUT2D eigenvalue weighted by Gasteiger charge is -2.13. The molecular weight excluding hydrogens is 479 g/mol. The number of carbonyl (C=O) groups is 1. The molecule has 1 saturated carbocycles. The van der Waals surface area contributed by atoms with Gasteiger partial charge in [-0.25, -0.2) is 0 Å². The summed E-state index contributed by atoms with van der Waals surface area (Å²) in [5.74, 6) is 0.869. The zero-order valence-corrected chi connectivity index (χ0v) is 20.4. The van der Waals surface area contributed by atoms with Gasteiger partial charge in [-0.15, -0.1) is 24.0 Å². The monoisotopic (exact) mass is 516 g/mol. The van der Waals surface area contributed by atoms with Crippen molar-refractivity contribution < 1.29 is 9.53 Å². The number of rotatable bonds is 10. The van der Waals surface area contributed by atoms with E-state index in [4.69, 9.17) is 4.74 Å². The molecule has 2 N–H and O–H groups in total. The van der Waals surface area contributed by atoms with Crippen molar-refractivity contribution in [3.05, 3.63) is 35.4 Å². The van der Waals surface area contributed by atoms with Gasteiger partial charge in [-0.2, -0.15) is 0 Å². The summed E-state index contributed by atoms with van der Waals surface area (Å²) >= 11 is 0. The van der Waals surface area contributed by atoms with Crippen LogP contribution in [0.25, 0.3) is 0 Å². The van der Waals surface area contributed by atoms with E-state index >= 15 is 0 Å². The summed E-state index contributed by atoms with van der Waals surface area (Å²) in [6.07, 6.45) is 7.31. The lowest BCUT2D eigenvalue weighted by atomic mass is 10.1. The molecule has 1 aromatic rings. The van der Waals surface area contributed by atoms with E-state index in [0.29, 0.717) is 6.10 Å². The number of hydrogen-bond acceptors (Lipinski definition) is 3. The molecule has 6 nitrogen and oxygen atoms in total. The minimum atomic E-state index is 0. The molecule has 0 aliphatic heterocycles. The average molecular weight is 516 g/mol. The summed E-state index contributed by atoms with van der Waals surface area (Å²) in [5.41, 5.74) is 1.87. The van der Waals surface area contributed by atoms with Crippen LogP contribution in [0.5, 0.6) is 0 Å². The van der Waals surface area contributed by atoms with Gasteiger partial charge in [0.1, 0.15) is 0 Å². The second-order valence-electron chi connectivity index (χ2n) is 7.47. The van der Waals surface area contributed by atoms with E-state index in [1.165, 1.54) is 25.7 Å². The van der Waals surface area contributed by atoms with Gasteiger partial charge in [0.2, 0.25) is 0 Å². The summed E-state index contributed by atoms with van der Waals surface area (Å²) in [5, 5.41) is 6.66. The summed E-state index contributed by atoms with van der Waals surface area (Å²) in [6, 6.07) is 7.82. The fourth-order valence-corrected chi connectivity index (χ4v) is 3.35. The minimum Gasteiger partial charge on any atom is -0.378 e. The van der Waals surface area contributed by atoms with Crippen molar-refractivity contribution in [2.45, 2.75) is 51.6 Å². The molecule has 0 unspecified atom stereocenters. The highest BCUT2D eigenvalue weighted by atomic mass is 127. The lowest BCUT2D eigenvalue weighted by molar-refractivity contribution is 0.0579. The molecule has 0 saturated heterocycles. The molecule has 7 heteroatoms.